The Balaban J connectivity index is 1.58. The first-order valence-electron chi connectivity index (χ1n) is 9.27. The first-order valence-corrected chi connectivity index (χ1v) is 10.0. The Labute approximate surface area is 179 Å². The summed E-state index contributed by atoms with van der Waals surface area (Å²) in [4.78, 5) is 13.2. The molecule has 3 aromatic rings. The second-order valence-corrected chi connectivity index (χ2v) is 8.60. The molecule has 2 aromatic carbocycles. The third-order valence-electron chi connectivity index (χ3n) is 4.85. The molecule has 0 atom stereocenters. The summed E-state index contributed by atoms with van der Waals surface area (Å²) >= 11 is 12.3. The van der Waals surface area contributed by atoms with Gasteiger partial charge in [-0.25, -0.2) is 5.01 Å². The Morgan fingerprint density at radius 3 is 2.48 bits per heavy atom. The molecule has 1 aliphatic rings. The van der Waals surface area contributed by atoms with Crippen LogP contribution in [0.4, 0.5) is 0 Å². The van der Waals surface area contributed by atoms with E-state index in [1.54, 1.807) is 23.1 Å². The maximum atomic E-state index is 13.2. The lowest BCUT2D eigenvalue weighted by atomic mass is 9.94. The first-order chi connectivity index (χ1) is 13.8. The van der Waals surface area contributed by atoms with Crippen molar-refractivity contribution in [2.45, 2.75) is 32.4 Å². The van der Waals surface area contributed by atoms with Crippen LogP contribution in [-0.4, -0.2) is 31.9 Å². The van der Waals surface area contributed by atoms with Crippen LogP contribution in [0.3, 0.4) is 0 Å². The highest BCUT2D eigenvalue weighted by Gasteiger charge is 2.39. The van der Waals surface area contributed by atoms with Crippen molar-refractivity contribution in [2.75, 3.05) is 0 Å². The van der Waals surface area contributed by atoms with Crippen LogP contribution in [0.15, 0.2) is 66.0 Å². The Bertz CT molecular complexity index is 1070. The third-order valence-corrected chi connectivity index (χ3v) is 5.29. The smallest absolute Gasteiger partial charge is 0.268 e. The summed E-state index contributed by atoms with van der Waals surface area (Å²) in [5.74, 6) is -0.183. The van der Waals surface area contributed by atoms with Crippen LogP contribution in [0, 0.1) is 0 Å². The predicted molar refractivity (Wildman–Crippen MR) is 116 cm³/mol. The van der Waals surface area contributed by atoms with Crippen molar-refractivity contribution in [3.8, 4) is 0 Å². The maximum Gasteiger partial charge on any atom is 0.277 e. The molecule has 4 rings (SSSR count). The highest BCUT2D eigenvalue weighted by molar-refractivity contribution is 6.35. The van der Waals surface area contributed by atoms with E-state index >= 15 is 0 Å². The lowest BCUT2D eigenvalue weighted by Crippen LogP contribution is -2.40. The molecular weight excluding hydrogens is 407 g/mol. The third kappa shape index (κ3) is 4.21. The Morgan fingerprint density at radius 2 is 1.79 bits per heavy atom. The largest absolute Gasteiger partial charge is 0.277 e. The summed E-state index contributed by atoms with van der Waals surface area (Å²) in [6, 6.07) is 15.3. The van der Waals surface area contributed by atoms with Crippen LogP contribution in [-0.2, 0) is 6.54 Å². The van der Waals surface area contributed by atoms with E-state index in [0.717, 1.165) is 16.8 Å². The normalized spacial score (nSPS) is 15.4. The molecule has 148 valence electrons. The molecule has 0 unspecified atom stereocenters. The topological polar surface area (TPSA) is 50.5 Å². The van der Waals surface area contributed by atoms with Crippen molar-refractivity contribution in [3.05, 3.63) is 87.7 Å². The van der Waals surface area contributed by atoms with E-state index in [2.05, 4.69) is 10.2 Å². The van der Waals surface area contributed by atoms with Crippen LogP contribution in [0.25, 0.3) is 0 Å². The van der Waals surface area contributed by atoms with E-state index < -0.39 is 5.54 Å². The van der Waals surface area contributed by atoms with E-state index in [4.69, 9.17) is 23.2 Å². The van der Waals surface area contributed by atoms with Crippen molar-refractivity contribution in [1.82, 2.24) is 14.8 Å². The highest BCUT2D eigenvalue weighted by Crippen LogP contribution is 2.32. The molecule has 1 aromatic heterocycles. The van der Waals surface area contributed by atoms with Gasteiger partial charge in [-0.05, 0) is 37.6 Å². The van der Waals surface area contributed by atoms with Gasteiger partial charge < -0.3 is 0 Å². The first kappa shape index (κ1) is 19.7. The van der Waals surface area contributed by atoms with Crippen molar-refractivity contribution in [2.24, 2.45) is 5.10 Å². The summed E-state index contributed by atoms with van der Waals surface area (Å²) < 4.78 is 1.76. The summed E-state index contributed by atoms with van der Waals surface area (Å²) in [6.07, 6.45) is 3.95. The fraction of sp³-hybridized carbons (Fsp3) is 0.227. The quantitative estimate of drug-likeness (QED) is 0.570. The van der Waals surface area contributed by atoms with Crippen LogP contribution >= 0.6 is 23.2 Å². The lowest BCUT2D eigenvalue weighted by Gasteiger charge is -2.28. The monoisotopic (exact) mass is 426 g/mol. The van der Waals surface area contributed by atoms with Gasteiger partial charge in [-0.3, -0.25) is 9.48 Å². The van der Waals surface area contributed by atoms with Gasteiger partial charge in [0, 0.05) is 28.2 Å². The second kappa shape index (κ2) is 7.65. The zero-order chi connectivity index (χ0) is 20.6. The number of carbonyl (C=O) groups excluding carboxylic acids is 1. The van der Waals surface area contributed by atoms with Gasteiger partial charge in [0.1, 0.15) is 0 Å². The fourth-order valence-electron chi connectivity index (χ4n) is 3.43. The highest BCUT2D eigenvalue weighted by atomic mass is 35.5. The lowest BCUT2D eigenvalue weighted by molar-refractivity contribution is 0.0612. The van der Waals surface area contributed by atoms with Gasteiger partial charge in [0.25, 0.3) is 5.91 Å². The number of halogens is 2. The van der Waals surface area contributed by atoms with Gasteiger partial charge in [0.15, 0.2) is 0 Å². The molecule has 1 aliphatic heterocycles. The minimum atomic E-state index is -0.470. The minimum Gasteiger partial charge on any atom is -0.268 e. The van der Waals surface area contributed by atoms with E-state index in [-0.39, 0.29) is 5.91 Å². The molecule has 0 saturated carbocycles. The zero-order valence-electron chi connectivity index (χ0n) is 16.1. The molecule has 0 aliphatic carbocycles. The van der Waals surface area contributed by atoms with Gasteiger partial charge in [0.2, 0.25) is 0 Å². The van der Waals surface area contributed by atoms with Crippen LogP contribution in [0.5, 0.6) is 0 Å². The molecule has 2 heterocycles. The van der Waals surface area contributed by atoms with Gasteiger partial charge in [-0.1, -0.05) is 53.5 Å². The van der Waals surface area contributed by atoms with Crippen molar-refractivity contribution >= 4 is 34.8 Å². The number of nitrogens with zero attached hydrogens (tertiary/aromatic N) is 4. The standard InChI is InChI=1S/C22H20Cl2N4O/c1-22(2)11-20(16-8-18(23)10-19(24)9-16)26-28(22)21(29)17-12-25-27(14-17)13-15-6-4-3-5-7-15/h3-10,12,14H,11,13H2,1-2H3. The van der Waals surface area contributed by atoms with Crippen LogP contribution < -0.4 is 0 Å². The van der Waals surface area contributed by atoms with Gasteiger partial charge in [0.05, 0.1) is 29.6 Å². The van der Waals surface area contributed by atoms with E-state index in [1.807, 2.05) is 56.3 Å². The molecule has 0 radical (unpaired) electrons. The number of hydrogen-bond donors (Lipinski definition) is 0. The molecule has 0 bridgehead atoms. The number of hydrazone groups is 1. The average molecular weight is 427 g/mol. The summed E-state index contributed by atoms with van der Waals surface area (Å²) in [6.45, 7) is 4.58. The number of carbonyl (C=O) groups is 1. The zero-order valence-corrected chi connectivity index (χ0v) is 17.7. The van der Waals surface area contributed by atoms with Crippen molar-refractivity contribution < 1.29 is 4.79 Å². The Kier molecular flexibility index (Phi) is 5.19. The molecule has 7 heteroatoms. The number of rotatable bonds is 4. The molecule has 0 saturated heterocycles. The van der Waals surface area contributed by atoms with Crippen molar-refractivity contribution in [3.63, 3.8) is 0 Å². The average Bonchev–Trinajstić information content (AvgIpc) is 3.25. The fourth-order valence-corrected chi connectivity index (χ4v) is 3.96. The molecule has 0 spiro atoms. The second-order valence-electron chi connectivity index (χ2n) is 7.72. The summed E-state index contributed by atoms with van der Waals surface area (Å²) in [5, 5.41) is 11.6. The molecule has 1 amide bonds. The van der Waals surface area contributed by atoms with Crippen LogP contribution in [0.1, 0.15) is 41.8 Å². The molecular formula is C22H20Cl2N4O. The van der Waals surface area contributed by atoms with Crippen molar-refractivity contribution in [1.29, 1.82) is 0 Å². The maximum absolute atomic E-state index is 13.2. The molecule has 5 nitrogen and oxygen atoms in total. The number of aromatic nitrogens is 2. The number of hydrogen-bond acceptors (Lipinski definition) is 3. The van der Waals surface area contributed by atoms with Gasteiger partial charge in [-0.15, -0.1) is 0 Å². The van der Waals surface area contributed by atoms with E-state index in [0.29, 0.717) is 28.6 Å². The number of amides is 1. The Hall–Kier alpha value is -2.63. The molecule has 0 fully saturated rings. The molecule has 29 heavy (non-hydrogen) atoms. The van der Waals surface area contributed by atoms with E-state index in [1.165, 1.54) is 5.01 Å². The Morgan fingerprint density at radius 1 is 1.10 bits per heavy atom. The van der Waals surface area contributed by atoms with Gasteiger partial charge >= 0.3 is 0 Å². The minimum absolute atomic E-state index is 0.183. The van der Waals surface area contributed by atoms with Crippen LogP contribution in [0.2, 0.25) is 10.0 Å². The summed E-state index contributed by atoms with van der Waals surface area (Å²) in [7, 11) is 0. The SMILES string of the molecule is CC1(C)CC(c2cc(Cl)cc(Cl)c2)=NN1C(=O)c1cnn(Cc2ccccc2)c1. The van der Waals surface area contributed by atoms with Gasteiger partial charge in [-0.2, -0.15) is 10.2 Å². The predicted octanol–water partition coefficient (Wildman–Crippen LogP) is 5.27. The summed E-state index contributed by atoms with van der Waals surface area (Å²) in [5.41, 5.74) is 2.76. The number of benzene rings is 2. The molecule has 0 N–H and O–H groups in total. The van der Waals surface area contributed by atoms with E-state index in [9.17, 15) is 4.79 Å².